The van der Waals surface area contributed by atoms with E-state index in [0.717, 1.165) is 22.0 Å². The number of hydrogen-bond donors (Lipinski definition) is 1. The Bertz CT molecular complexity index is 1350. The number of sulfonamides is 1. The van der Waals surface area contributed by atoms with Crippen LogP contribution >= 0.6 is 0 Å². The molecule has 0 bridgehead atoms. The SMILES string of the molecule is COc1ccc(S(=O)(=O)N(CC(=O)N(CCc2ccccc2)C(C)C(=O)NC(C)C)c2ccc(F)cc2)cc1. The molecule has 0 saturated carbocycles. The Kier molecular flexibility index (Phi) is 10.1. The van der Waals surface area contributed by atoms with Crippen LogP contribution in [0.1, 0.15) is 26.3 Å². The van der Waals surface area contributed by atoms with Crippen molar-refractivity contribution in [3.8, 4) is 5.75 Å². The van der Waals surface area contributed by atoms with Gasteiger partial charge in [-0.3, -0.25) is 13.9 Å². The number of benzene rings is 3. The molecule has 39 heavy (non-hydrogen) atoms. The van der Waals surface area contributed by atoms with E-state index in [1.54, 1.807) is 6.92 Å². The van der Waals surface area contributed by atoms with Gasteiger partial charge in [0.05, 0.1) is 17.7 Å². The van der Waals surface area contributed by atoms with Gasteiger partial charge in [-0.2, -0.15) is 0 Å². The summed E-state index contributed by atoms with van der Waals surface area (Å²) in [6, 6.07) is 19.1. The third-order valence-corrected chi connectivity index (χ3v) is 7.91. The summed E-state index contributed by atoms with van der Waals surface area (Å²) in [5.74, 6) is -0.998. The van der Waals surface area contributed by atoms with E-state index in [1.807, 2.05) is 44.2 Å². The molecule has 0 heterocycles. The fourth-order valence-electron chi connectivity index (χ4n) is 3.99. The topological polar surface area (TPSA) is 96.0 Å². The molecule has 1 N–H and O–H groups in total. The number of anilines is 1. The van der Waals surface area contributed by atoms with Crippen molar-refractivity contribution < 1.29 is 27.1 Å². The normalized spacial score (nSPS) is 12.1. The zero-order valence-electron chi connectivity index (χ0n) is 22.5. The van der Waals surface area contributed by atoms with E-state index < -0.39 is 34.3 Å². The number of amides is 2. The number of rotatable bonds is 12. The molecule has 0 radical (unpaired) electrons. The number of hydrogen-bond acceptors (Lipinski definition) is 5. The molecule has 3 aromatic carbocycles. The number of nitrogens with zero attached hydrogens (tertiary/aromatic N) is 2. The van der Waals surface area contributed by atoms with Crippen molar-refractivity contribution in [1.82, 2.24) is 10.2 Å². The van der Waals surface area contributed by atoms with Gasteiger partial charge < -0.3 is 15.0 Å². The molecular formula is C29H34FN3O5S. The first kappa shape index (κ1) is 29.6. The van der Waals surface area contributed by atoms with Crippen LogP contribution in [0.4, 0.5) is 10.1 Å². The highest BCUT2D eigenvalue weighted by Crippen LogP contribution is 2.26. The lowest BCUT2D eigenvalue weighted by Gasteiger charge is -2.32. The van der Waals surface area contributed by atoms with Crippen molar-refractivity contribution in [1.29, 1.82) is 0 Å². The molecule has 0 aliphatic rings. The number of ether oxygens (including phenoxy) is 1. The molecule has 0 fully saturated rings. The van der Waals surface area contributed by atoms with E-state index in [9.17, 15) is 22.4 Å². The minimum Gasteiger partial charge on any atom is -0.497 e. The van der Waals surface area contributed by atoms with Crippen molar-refractivity contribution in [3.63, 3.8) is 0 Å². The average Bonchev–Trinajstić information content (AvgIpc) is 2.92. The van der Waals surface area contributed by atoms with Crippen LogP contribution in [0.25, 0.3) is 0 Å². The summed E-state index contributed by atoms with van der Waals surface area (Å²) in [5, 5.41) is 2.82. The molecule has 1 atom stereocenters. The summed E-state index contributed by atoms with van der Waals surface area (Å²) in [5.41, 5.74) is 1.08. The zero-order valence-corrected chi connectivity index (χ0v) is 23.3. The maximum Gasteiger partial charge on any atom is 0.264 e. The minimum atomic E-state index is -4.25. The predicted molar refractivity (Wildman–Crippen MR) is 149 cm³/mol. The smallest absolute Gasteiger partial charge is 0.264 e. The van der Waals surface area contributed by atoms with Crippen molar-refractivity contribution in [2.45, 2.75) is 44.2 Å². The summed E-state index contributed by atoms with van der Waals surface area (Å²) in [6.07, 6.45) is 0.466. The van der Waals surface area contributed by atoms with Crippen LogP contribution < -0.4 is 14.4 Å². The predicted octanol–water partition coefficient (Wildman–Crippen LogP) is 4.01. The zero-order chi connectivity index (χ0) is 28.6. The fraction of sp³-hybridized carbons (Fsp3) is 0.310. The quantitative estimate of drug-likeness (QED) is 0.364. The lowest BCUT2D eigenvalue weighted by molar-refractivity contribution is -0.139. The summed E-state index contributed by atoms with van der Waals surface area (Å²) < 4.78 is 47.3. The van der Waals surface area contributed by atoms with Gasteiger partial charge in [-0.05, 0) is 81.3 Å². The molecule has 3 rings (SSSR count). The molecule has 0 aliphatic heterocycles. The molecule has 208 valence electrons. The number of carbonyl (C=O) groups is 2. The van der Waals surface area contributed by atoms with E-state index >= 15 is 0 Å². The van der Waals surface area contributed by atoms with Gasteiger partial charge in [-0.15, -0.1) is 0 Å². The van der Waals surface area contributed by atoms with Crippen molar-refractivity contribution in [2.24, 2.45) is 0 Å². The molecule has 1 unspecified atom stereocenters. The van der Waals surface area contributed by atoms with Gasteiger partial charge >= 0.3 is 0 Å². The van der Waals surface area contributed by atoms with Crippen LogP contribution in [-0.2, 0) is 26.0 Å². The molecule has 8 nitrogen and oxygen atoms in total. The Labute approximate surface area is 229 Å². The Morgan fingerprint density at radius 1 is 0.923 bits per heavy atom. The van der Waals surface area contributed by atoms with Gasteiger partial charge in [0.2, 0.25) is 11.8 Å². The van der Waals surface area contributed by atoms with E-state index in [4.69, 9.17) is 4.74 Å². The van der Waals surface area contributed by atoms with Crippen LogP contribution in [0.5, 0.6) is 5.75 Å². The number of methoxy groups -OCH3 is 1. The Balaban J connectivity index is 1.97. The van der Waals surface area contributed by atoms with Gasteiger partial charge in [0, 0.05) is 12.6 Å². The fourth-order valence-corrected chi connectivity index (χ4v) is 5.40. The first-order valence-electron chi connectivity index (χ1n) is 12.6. The molecule has 10 heteroatoms. The van der Waals surface area contributed by atoms with E-state index in [-0.39, 0.29) is 29.1 Å². The van der Waals surface area contributed by atoms with E-state index in [2.05, 4.69) is 5.32 Å². The van der Waals surface area contributed by atoms with Crippen LogP contribution in [0, 0.1) is 5.82 Å². The maximum absolute atomic E-state index is 13.8. The molecule has 3 aromatic rings. The monoisotopic (exact) mass is 555 g/mol. The summed E-state index contributed by atoms with van der Waals surface area (Å²) in [4.78, 5) is 28.0. The summed E-state index contributed by atoms with van der Waals surface area (Å²) >= 11 is 0. The highest BCUT2D eigenvalue weighted by atomic mass is 32.2. The number of carbonyl (C=O) groups excluding carboxylic acids is 2. The number of halogens is 1. The van der Waals surface area contributed by atoms with Crippen LogP contribution in [0.2, 0.25) is 0 Å². The molecular weight excluding hydrogens is 521 g/mol. The first-order valence-corrected chi connectivity index (χ1v) is 14.0. The van der Waals surface area contributed by atoms with Crippen LogP contribution in [-0.4, -0.2) is 57.4 Å². The van der Waals surface area contributed by atoms with Gasteiger partial charge in [-0.25, -0.2) is 12.8 Å². The van der Waals surface area contributed by atoms with Crippen LogP contribution in [0.3, 0.4) is 0 Å². The molecule has 0 spiro atoms. The molecule has 0 aromatic heterocycles. The average molecular weight is 556 g/mol. The lowest BCUT2D eigenvalue weighted by atomic mass is 10.1. The second-order valence-corrected chi connectivity index (χ2v) is 11.2. The third-order valence-electron chi connectivity index (χ3n) is 6.12. The second-order valence-electron chi connectivity index (χ2n) is 9.33. The molecule has 0 aliphatic carbocycles. The van der Waals surface area contributed by atoms with Crippen molar-refractivity contribution in [3.05, 3.63) is 90.2 Å². The van der Waals surface area contributed by atoms with Crippen molar-refractivity contribution in [2.75, 3.05) is 24.5 Å². The lowest BCUT2D eigenvalue weighted by Crippen LogP contribution is -2.53. The minimum absolute atomic E-state index is 0.0677. The van der Waals surface area contributed by atoms with E-state index in [0.29, 0.717) is 12.2 Å². The first-order chi connectivity index (χ1) is 18.5. The van der Waals surface area contributed by atoms with Crippen molar-refractivity contribution >= 4 is 27.5 Å². The van der Waals surface area contributed by atoms with Gasteiger partial charge in [0.15, 0.2) is 0 Å². The Morgan fingerprint density at radius 3 is 2.10 bits per heavy atom. The van der Waals surface area contributed by atoms with E-state index in [1.165, 1.54) is 48.4 Å². The van der Waals surface area contributed by atoms with Gasteiger partial charge in [0.25, 0.3) is 10.0 Å². The Hall–Kier alpha value is -3.92. The maximum atomic E-state index is 13.8. The Morgan fingerprint density at radius 2 is 1.54 bits per heavy atom. The molecule has 0 saturated heterocycles. The van der Waals surface area contributed by atoms with Crippen LogP contribution in [0.15, 0.2) is 83.8 Å². The standard InChI is InChI=1S/C29H34FN3O5S/c1-21(2)31-29(35)22(3)32(19-18-23-8-6-5-7-9-23)28(34)20-33(25-12-10-24(30)11-13-25)39(36,37)27-16-14-26(38-4)15-17-27/h5-17,21-22H,18-20H2,1-4H3,(H,31,35). The van der Waals surface area contributed by atoms with Gasteiger partial charge in [0.1, 0.15) is 24.2 Å². The highest BCUT2D eigenvalue weighted by molar-refractivity contribution is 7.92. The summed E-state index contributed by atoms with van der Waals surface area (Å²) in [7, 11) is -2.78. The number of nitrogens with one attached hydrogen (secondary N) is 1. The highest BCUT2D eigenvalue weighted by Gasteiger charge is 2.32. The van der Waals surface area contributed by atoms with Gasteiger partial charge in [-0.1, -0.05) is 30.3 Å². The largest absolute Gasteiger partial charge is 0.497 e. The summed E-state index contributed by atoms with van der Waals surface area (Å²) in [6.45, 7) is 4.85. The third kappa shape index (κ3) is 7.79. The molecule has 2 amide bonds. The second kappa shape index (κ2) is 13.2.